The van der Waals surface area contributed by atoms with E-state index < -0.39 is 0 Å². The largest absolute Gasteiger partial charge is 0.382 e. The van der Waals surface area contributed by atoms with E-state index in [0.717, 1.165) is 25.8 Å². The number of amides is 1. The van der Waals surface area contributed by atoms with E-state index in [1.165, 1.54) is 12.8 Å². The van der Waals surface area contributed by atoms with Gasteiger partial charge in [0, 0.05) is 31.8 Å². The highest BCUT2D eigenvalue weighted by Gasteiger charge is 2.37. The molecule has 5 nitrogen and oxygen atoms in total. The molecule has 2 fully saturated rings. The Morgan fingerprint density at radius 1 is 1.25 bits per heavy atom. The highest BCUT2D eigenvalue weighted by atomic mass is 16.5. The highest BCUT2D eigenvalue weighted by Crippen LogP contribution is 2.29. The predicted octanol–water partition coefficient (Wildman–Crippen LogP) is 1.17. The number of piperidine rings is 1. The fourth-order valence-corrected chi connectivity index (χ4v) is 3.42. The first-order valence-corrected chi connectivity index (χ1v) is 7.86. The molecule has 2 saturated heterocycles. The molecule has 2 bridgehead atoms. The normalized spacial score (nSPS) is 28.6. The summed E-state index contributed by atoms with van der Waals surface area (Å²) in [5, 5.41) is 3.63. The Morgan fingerprint density at radius 2 is 1.95 bits per heavy atom. The van der Waals surface area contributed by atoms with E-state index in [4.69, 9.17) is 9.47 Å². The van der Waals surface area contributed by atoms with Gasteiger partial charge in [-0.1, -0.05) is 6.92 Å². The van der Waals surface area contributed by atoms with Crippen molar-refractivity contribution in [3.8, 4) is 0 Å². The maximum Gasteiger partial charge on any atom is 0.248 e. The number of hydrogen-bond acceptors (Lipinski definition) is 4. The number of carbonyl (C=O) groups excluding carboxylic acids is 1. The Morgan fingerprint density at radius 3 is 2.55 bits per heavy atom. The average Bonchev–Trinajstić information content (AvgIpc) is 2.79. The van der Waals surface area contributed by atoms with Crippen molar-refractivity contribution in [3.63, 3.8) is 0 Å². The maximum absolute atomic E-state index is 12.4. The van der Waals surface area contributed by atoms with Gasteiger partial charge in [0.2, 0.25) is 5.91 Å². The fraction of sp³-hybridized carbons (Fsp3) is 0.933. The molecule has 0 spiro atoms. The van der Waals surface area contributed by atoms with Gasteiger partial charge in [-0.05, 0) is 32.1 Å². The summed E-state index contributed by atoms with van der Waals surface area (Å²) in [5.74, 6) is 0.134. The van der Waals surface area contributed by atoms with Crippen molar-refractivity contribution < 1.29 is 14.3 Å². The zero-order chi connectivity index (χ0) is 14.4. The van der Waals surface area contributed by atoms with E-state index in [1.54, 1.807) is 7.11 Å². The number of methoxy groups -OCH3 is 1. The minimum absolute atomic E-state index is 0.134. The molecule has 0 saturated carbocycles. The van der Waals surface area contributed by atoms with Gasteiger partial charge in [0.1, 0.15) is 6.61 Å². The zero-order valence-corrected chi connectivity index (χ0v) is 12.8. The second-order valence-corrected chi connectivity index (χ2v) is 5.90. The molecule has 2 aliphatic rings. The van der Waals surface area contributed by atoms with Crippen molar-refractivity contribution in [2.45, 2.75) is 57.2 Å². The Hall–Kier alpha value is -0.650. The van der Waals surface area contributed by atoms with Crippen molar-refractivity contribution in [1.82, 2.24) is 10.2 Å². The Balaban J connectivity index is 1.84. The molecule has 2 unspecified atom stereocenters. The van der Waals surface area contributed by atoms with Crippen LogP contribution < -0.4 is 5.32 Å². The third-order valence-electron chi connectivity index (χ3n) is 4.33. The Labute approximate surface area is 122 Å². The molecule has 2 rings (SSSR count). The minimum Gasteiger partial charge on any atom is -0.382 e. The lowest BCUT2D eigenvalue weighted by Gasteiger charge is -2.37. The van der Waals surface area contributed by atoms with E-state index in [2.05, 4.69) is 17.1 Å². The molecule has 0 aromatic rings. The van der Waals surface area contributed by atoms with Crippen molar-refractivity contribution in [3.05, 3.63) is 0 Å². The van der Waals surface area contributed by atoms with Crippen LogP contribution in [0.5, 0.6) is 0 Å². The van der Waals surface area contributed by atoms with E-state index in [9.17, 15) is 4.79 Å². The molecule has 2 aliphatic heterocycles. The predicted molar refractivity (Wildman–Crippen MR) is 77.7 cm³/mol. The number of hydrogen-bond donors (Lipinski definition) is 1. The number of ether oxygens (including phenoxy) is 2. The molecule has 2 atom stereocenters. The number of nitrogens with one attached hydrogen (secondary N) is 1. The molecular formula is C15H28N2O3. The molecule has 20 heavy (non-hydrogen) atoms. The lowest BCUT2D eigenvalue weighted by atomic mass is 9.98. The van der Waals surface area contributed by atoms with Gasteiger partial charge in [0.25, 0.3) is 0 Å². The summed E-state index contributed by atoms with van der Waals surface area (Å²) in [4.78, 5) is 14.4. The summed E-state index contributed by atoms with van der Waals surface area (Å²) in [7, 11) is 1.64. The molecule has 0 aromatic heterocycles. The summed E-state index contributed by atoms with van der Waals surface area (Å²) in [6.07, 6.45) is 5.73. The molecule has 1 N–H and O–H groups in total. The molecule has 116 valence electrons. The monoisotopic (exact) mass is 284 g/mol. The Bertz CT molecular complexity index is 299. The van der Waals surface area contributed by atoms with Crippen LogP contribution in [0.1, 0.15) is 39.0 Å². The topological polar surface area (TPSA) is 50.8 Å². The van der Waals surface area contributed by atoms with Crippen LogP contribution in [0.3, 0.4) is 0 Å². The molecule has 1 amide bonds. The van der Waals surface area contributed by atoms with Crippen molar-refractivity contribution >= 4 is 5.91 Å². The molecular weight excluding hydrogens is 256 g/mol. The van der Waals surface area contributed by atoms with Crippen molar-refractivity contribution in [2.75, 3.05) is 33.5 Å². The SMILES string of the molecule is CCCN(C(=O)COCCOC)C1CC2CCC(C1)N2. The molecule has 5 heteroatoms. The van der Waals surface area contributed by atoms with Crippen LogP contribution in [0.4, 0.5) is 0 Å². The van der Waals surface area contributed by atoms with Gasteiger partial charge >= 0.3 is 0 Å². The van der Waals surface area contributed by atoms with E-state index in [-0.39, 0.29) is 12.5 Å². The van der Waals surface area contributed by atoms with Gasteiger partial charge < -0.3 is 19.7 Å². The minimum atomic E-state index is 0.134. The average molecular weight is 284 g/mol. The second-order valence-electron chi connectivity index (χ2n) is 5.90. The van der Waals surface area contributed by atoms with Crippen LogP contribution in [-0.4, -0.2) is 62.4 Å². The first-order valence-electron chi connectivity index (χ1n) is 7.86. The first kappa shape index (κ1) is 15.7. The number of rotatable bonds is 8. The second kappa shape index (κ2) is 7.96. The van der Waals surface area contributed by atoms with E-state index in [0.29, 0.717) is 31.3 Å². The lowest BCUT2D eigenvalue weighted by molar-refractivity contribution is -0.139. The van der Waals surface area contributed by atoms with Crippen LogP contribution in [0.2, 0.25) is 0 Å². The quantitative estimate of drug-likeness (QED) is 0.680. The number of fused-ring (bicyclic) bond motifs is 2. The van der Waals surface area contributed by atoms with Gasteiger partial charge in [-0.2, -0.15) is 0 Å². The van der Waals surface area contributed by atoms with Gasteiger partial charge in [-0.25, -0.2) is 0 Å². The summed E-state index contributed by atoms with van der Waals surface area (Å²) < 4.78 is 10.3. The van der Waals surface area contributed by atoms with Gasteiger partial charge in [0.15, 0.2) is 0 Å². The summed E-state index contributed by atoms with van der Waals surface area (Å²) in [6.45, 7) is 4.18. The molecule has 2 heterocycles. The fourth-order valence-electron chi connectivity index (χ4n) is 3.42. The smallest absolute Gasteiger partial charge is 0.248 e. The lowest BCUT2D eigenvalue weighted by Crippen LogP contribution is -2.51. The maximum atomic E-state index is 12.4. The third kappa shape index (κ3) is 4.17. The van der Waals surface area contributed by atoms with Crippen LogP contribution in [-0.2, 0) is 14.3 Å². The van der Waals surface area contributed by atoms with Gasteiger partial charge in [-0.3, -0.25) is 4.79 Å². The van der Waals surface area contributed by atoms with E-state index >= 15 is 0 Å². The molecule has 0 radical (unpaired) electrons. The van der Waals surface area contributed by atoms with Crippen LogP contribution in [0.15, 0.2) is 0 Å². The highest BCUT2D eigenvalue weighted by molar-refractivity contribution is 5.77. The van der Waals surface area contributed by atoms with Gasteiger partial charge in [0.05, 0.1) is 13.2 Å². The van der Waals surface area contributed by atoms with E-state index in [1.807, 2.05) is 0 Å². The van der Waals surface area contributed by atoms with Crippen molar-refractivity contribution in [2.24, 2.45) is 0 Å². The molecule has 0 aliphatic carbocycles. The van der Waals surface area contributed by atoms with Crippen LogP contribution >= 0.6 is 0 Å². The standard InChI is InChI=1S/C15H28N2O3/c1-3-6-17(15(18)11-20-8-7-19-2)14-9-12-4-5-13(10-14)16-12/h12-14,16H,3-11H2,1-2H3. The molecule has 0 aromatic carbocycles. The number of nitrogens with zero attached hydrogens (tertiary/aromatic N) is 1. The van der Waals surface area contributed by atoms with Gasteiger partial charge in [-0.15, -0.1) is 0 Å². The van der Waals surface area contributed by atoms with Crippen LogP contribution in [0, 0.1) is 0 Å². The number of carbonyl (C=O) groups is 1. The first-order chi connectivity index (χ1) is 9.74. The third-order valence-corrected chi connectivity index (χ3v) is 4.33. The zero-order valence-electron chi connectivity index (χ0n) is 12.8. The Kier molecular flexibility index (Phi) is 6.26. The van der Waals surface area contributed by atoms with Crippen LogP contribution in [0.25, 0.3) is 0 Å². The summed E-state index contributed by atoms with van der Waals surface area (Å²) in [5.41, 5.74) is 0. The summed E-state index contributed by atoms with van der Waals surface area (Å²) >= 11 is 0. The van der Waals surface area contributed by atoms with Crippen molar-refractivity contribution in [1.29, 1.82) is 0 Å². The summed E-state index contributed by atoms with van der Waals surface area (Å²) in [6, 6.07) is 1.62.